The normalized spacial score (nSPS) is 16.2. The zero-order valence-electron chi connectivity index (χ0n) is 17.6. The maximum atomic E-state index is 13.3. The number of hydrogen-bond donors (Lipinski definition) is 1. The number of aromatic nitrogens is 1. The second-order valence-corrected chi connectivity index (χ2v) is 8.58. The molecule has 0 atom stereocenters. The van der Waals surface area contributed by atoms with Gasteiger partial charge in [0.25, 0.3) is 11.8 Å². The van der Waals surface area contributed by atoms with Gasteiger partial charge in [0, 0.05) is 43.4 Å². The highest BCUT2D eigenvalue weighted by Crippen LogP contribution is 2.30. The van der Waals surface area contributed by atoms with Gasteiger partial charge in [0.15, 0.2) is 5.13 Å². The number of aryl methyl sites for hydroxylation is 1. The van der Waals surface area contributed by atoms with Gasteiger partial charge in [-0.05, 0) is 25.1 Å². The number of nitrogens with zero attached hydrogens (tertiary/aromatic N) is 2. The molecule has 176 valence electrons. The molecule has 11 heteroatoms. The van der Waals surface area contributed by atoms with Gasteiger partial charge in [-0.3, -0.25) is 15.0 Å². The lowest BCUT2D eigenvalue weighted by Gasteiger charge is -2.31. The van der Waals surface area contributed by atoms with E-state index in [4.69, 9.17) is 4.42 Å². The number of carbonyl (C=O) groups excluding carboxylic acids is 1. The molecule has 0 radical (unpaired) electrons. The Morgan fingerprint density at radius 3 is 2.79 bits per heavy atom. The molecule has 1 aromatic carbocycles. The van der Waals surface area contributed by atoms with Crippen molar-refractivity contribution < 1.29 is 31.5 Å². The molecule has 0 spiro atoms. The quantitative estimate of drug-likeness (QED) is 0.431. The first-order chi connectivity index (χ1) is 15.7. The molecule has 1 fully saturated rings. The molecule has 1 N–H and O–H groups in total. The van der Waals surface area contributed by atoms with Crippen molar-refractivity contribution in [1.29, 1.82) is 0 Å². The van der Waals surface area contributed by atoms with Gasteiger partial charge in [-0.2, -0.15) is 8.78 Å². The van der Waals surface area contributed by atoms with Crippen LogP contribution in [0.25, 0.3) is 11.3 Å². The number of amides is 1. The van der Waals surface area contributed by atoms with E-state index in [9.17, 15) is 22.4 Å². The molecule has 1 amide bonds. The third-order valence-electron chi connectivity index (χ3n) is 5.25. The van der Waals surface area contributed by atoms with Gasteiger partial charge in [-0.25, -0.2) is 13.8 Å². The molecule has 3 heterocycles. The lowest BCUT2D eigenvalue weighted by atomic mass is 10.1. The molecule has 4 rings (SSSR count). The maximum absolute atomic E-state index is 13.3. The van der Waals surface area contributed by atoms with Crippen molar-refractivity contribution in [2.75, 3.05) is 18.4 Å². The van der Waals surface area contributed by atoms with Crippen LogP contribution in [0.15, 0.2) is 40.1 Å². The van der Waals surface area contributed by atoms with E-state index in [2.05, 4.69) is 15.0 Å². The lowest BCUT2D eigenvalue weighted by molar-refractivity contribution is -0.0568. The summed E-state index contributed by atoms with van der Waals surface area (Å²) in [5, 5.41) is 4.88. The summed E-state index contributed by atoms with van der Waals surface area (Å²) in [5.41, 5.74) is 1.46. The molecule has 0 unspecified atom stereocenters. The van der Waals surface area contributed by atoms with E-state index in [-0.39, 0.29) is 24.2 Å². The minimum atomic E-state index is -2.95. The number of furan rings is 1. The summed E-state index contributed by atoms with van der Waals surface area (Å²) in [6.07, 6.45) is -0.333. The monoisotopic (exact) mass is 483 g/mol. The summed E-state index contributed by atoms with van der Waals surface area (Å²) in [6, 6.07) is 7.52. The predicted octanol–water partition coefficient (Wildman–Crippen LogP) is 5.80. The van der Waals surface area contributed by atoms with E-state index in [1.54, 1.807) is 24.4 Å². The number of likely N-dealkylation sites (tertiary alicyclic amines) is 1. The Bertz CT molecular complexity index is 1120. The first-order valence-corrected chi connectivity index (χ1v) is 11.1. The average Bonchev–Trinajstić information content (AvgIpc) is 3.35. The smallest absolute Gasteiger partial charge is 0.387 e. The van der Waals surface area contributed by atoms with Crippen LogP contribution in [0.2, 0.25) is 0 Å². The molecule has 6 nitrogen and oxygen atoms in total. The van der Waals surface area contributed by atoms with Crippen LogP contribution < -0.4 is 10.1 Å². The van der Waals surface area contributed by atoms with Crippen LogP contribution in [0, 0.1) is 6.92 Å². The number of nitrogens with one attached hydrogen (secondary N) is 1. The fourth-order valence-electron chi connectivity index (χ4n) is 3.54. The maximum Gasteiger partial charge on any atom is 0.387 e. The Labute approximate surface area is 191 Å². The number of ether oxygens (including phenoxy) is 1. The number of alkyl halides is 4. The molecular formula is C22H21F4N3O3S. The highest BCUT2D eigenvalue weighted by Gasteiger charge is 2.34. The predicted molar refractivity (Wildman–Crippen MR) is 115 cm³/mol. The van der Waals surface area contributed by atoms with Crippen molar-refractivity contribution >= 4 is 22.4 Å². The molecule has 1 aliphatic heterocycles. The summed E-state index contributed by atoms with van der Waals surface area (Å²) in [4.78, 5) is 19.0. The molecule has 0 saturated carbocycles. The van der Waals surface area contributed by atoms with Crippen LogP contribution in [0.3, 0.4) is 0 Å². The highest BCUT2D eigenvalue weighted by atomic mass is 32.1. The molecule has 3 aromatic rings. The van der Waals surface area contributed by atoms with Crippen molar-refractivity contribution in [3.8, 4) is 17.1 Å². The van der Waals surface area contributed by atoms with Gasteiger partial charge in [0.05, 0.1) is 11.3 Å². The summed E-state index contributed by atoms with van der Waals surface area (Å²) in [6.45, 7) is -0.287. The van der Waals surface area contributed by atoms with Crippen LogP contribution in [0.5, 0.6) is 5.75 Å². The third kappa shape index (κ3) is 5.91. The van der Waals surface area contributed by atoms with Crippen LogP contribution >= 0.6 is 11.3 Å². The van der Waals surface area contributed by atoms with Crippen molar-refractivity contribution in [3.63, 3.8) is 0 Å². The second kappa shape index (κ2) is 9.52. The molecule has 33 heavy (non-hydrogen) atoms. The van der Waals surface area contributed by atoms with E-state index < -0.39 is 18.4 Å². The van der Waals surface area contributed by atoms with E-state index in [0.717, 1.165) is 0 Å². The number of rotatable bonds is 7. The number of hydrogen-bond acceptors (Lipinski definition) is 6. The van der Waals surface area contributed by atoms with Crippen molar-refractivity contribution in [2.45, 2.75) is 38.8 Å². The van der Waals surface area contributed by atoms with Gasteiger partial charge in [-0.1, -0.05) is 12.1 Å². The summed E-state index contributed by atoms with van der Waals surface area (Å²) >= 11 is 1.24. The summed E-state index contributed by atoms with van der Waals surface area (Å²) in [7, 11) is 0. The zero-order chi connectivity index (χ0) is 23.6. The zero-order valence-corrected chi connectivity index (χ0v) is 18.4. The van der Waals surface area contributed by atoms with Gasteiger partial charge >= 0.3 is 6.61 Å². The average molecular weight is 483 g/mol. The molecule has 0 bridgehead atoms. The Morgan fingerprint density at radius 1 is 1.30 bits per heavy atom. The highest BCUT2D eigenvalue weighted by molar-refractivity contribution is 7.14. The Balaban J connectivity index is 1.40. The van der Waals surface area contributed by atoms with E-state index in [1.165, 1.54) is 29.5 Å². The molecule has 1 saturated heterocycles. The number of benzene rings is 1. The third-order valence-corrected chi connectivity index (χ3v) is 6.06. The van der Waals surface area contributed by atoms with Crippen molar-refractivity contribution in [1.82, 2.24) is 9.88 Å². The van der Waals surface area contributed by atoms with Crippen molar-refractivity contribution in [3.05, 3.63) is 52.7 Å². The second-order valence-electron chi connectivity index (χ2n) is 7.72. The number of thiazole rings is 1. The van der Waals surface area contributed by atoms with Crippen LogP contribution in [-0.2, 0) is 6.54 Å². The first kappa shape index (κ1) is 23.2. The number of carbonyl (C=O) groups is 1. The van der Waals surface area contributed by atoms with Crippen LogP contribution in [0.1, 0.15) is 34.7 Å². The SMILES string of the molecule is Cc1oc(-c2cccc(OC(F)F)c2)cc1C(=O)Nc1nc(CN2CCC(F)(F)CC2)cs1. The minimum Gasteiger partial charge on any atom is -0.461 e. The lowest BCUT2D eigenvalue weighted by Crippen LogP contribution is -2.38. The topological polar surface area (TPSA) is 67.6 Å². The van der Waals surface area contributed by atoms with Gasteiger partial charge in [0.2, 0.25) is 0 Å². The molecule has 2 aromatic heterocycles. The Morgan fingerprint density at radius 2 is 2.06 bits per heavy atom. The van der Waals surface area contributed by atoms with Gasteiger partial charge in [0.1, 0.15) is 17.3 Å². The van der Waals surface area contributed by atoms with E-state index >= 15 is 0 Å². The Kier molecular flexibility index (Phi) is 6.71. The standard InChI is InChI=1S/C22H21F4N3O3S/c1-13-17(10-18(31-13)14-3-2-4-16(9-14)32-20(23)24)19(30)28-21-27-15(12-33-21)11-29-7-5-22(25,26)6-8-29/h2-4,9-10,12,20H,5-8,11H2,1H3,(H,27,28,30). The van der Waals surface area contributed by atoms with Crippen LogP contribution in [-0.4, -0.2) is 41.4 Å². The van der Waals surface area contributed by atoms with Gasteiger partial charge < -0.3 is 9.15 Å². The molecule has 0 aliphatic carbocycles. The summed E-state index contributed by atoms with van der Waals surface area (Å²) < 4.78 is 61.6. The minimum absolute atomic E-state index is 0.0182. The first-order valence-electron chi connectivity index (χ1n) is 10.2. The van der Waals surface area contributed by atoms with Crippen molar-refractivity contribution in [2.24, 2.45) is 0 Å². The van der Waals surface area contributed by atoms with E-state index in [1.807, 2.05) is 4.90 Å². The largest absolute Gasteiger partial charge is 0.461 e. The number of halogens is 4. The van der Waals surface area contributed by atoms with Crippen LogP contribution in [0.4, 0.5) is 22.7 Å². The fourth-order valence-corrected chi connectivity index (χ4v) is 4.24. The van der Waals surface area contributed by atoms with E-state index in [0.29, 0.717) is 47.5 Å². The van der Waals surface area contributed by atoms with Gasteiger partial charge in [-0.15, -0.1) is 11.3 Å². The molecular weight excluding hydrogens is 462 g/mol. The fraction of sp³-hybridized carbons (Fsp3) is 0.364. The number of piperidine rings is 1. The number of anilines is 1. The Hall–Kier alpha value is -2.92. The summed E-state index contributed by atoms with van der Waals surface area (Å²) in [5.74, 6) is -2.36. The molecule has 1 aliphatic rings.